The van der Waals surface area contributed by atoms with E-state index in [9.17, 15) is 8.78 Å². The van der Waals surface area contributed by atoms with Crippen molar-refractivity contribution in [1.82, 2.24) is 15.1 Å². The first kappa shape index (κ1) is 11.5. The molecule has 0 amide bonds. The second kappa shape index (κ2) is 4.56. The molecule has 0 atom stereocenters. The van der Waals surface area contributed by atoms with E-state index in [1.807, 2.05) is 0 Å². The van der Waals surface area contributed by atoms with E-state index < -0.39 is 11.6 Å². The van der Waals surface area contributed by atoms with E-state index in [0.717, 1.165) is 12.1 Å². The summed E-state index contributed by atoms with van der Waals surface area (Å²) in [5.41, 5.74) is 0.131. The average molecular weight is 259 g/mol. The van der Waals surface area contributed by atoms with Gasteiger partial charge in [-0.25, -0.2) is 8.78 Å². The normalized spacial score (nSPS) is 10.6. The first-order chi connectivity index (χ1) is 9.25. The third-order valence-corrected chi connectivity index (χ3v) is 2.50. The Morgan fingerprint density at radius 1 is 0.947 bits per heavy atom. The molecule has 2 heterocycles. The van der Waals surface area contributed by atoms with Crippen molar-refractivity contribution in [2.45, 2.75) is 0 Å². The molecule has 0 saturated heterocycles. The number of pyridine rings is 1. The van der Waals surface area contributed by atoms with Crippen molar-refractivity contribution >= 4 is 0 Å². The van der Waals surface area contributed by atoms with Crippen LogP contribution in [0, 0.1) is 11.6 Å². The Labute approximate surface area is 106 Å². The Morgan fingerprint density at radius 2 is 1.74 bits per heavy atom. The van der Waals surface area contributed by atoms with Gasteiger partial charge in [0, 0.05) is 6.20 Å². The van der Waals surface area contributed by atoms with Gasteiger partial charge in [0.2, 0.25) is 5.82 Å². The lowest BCUT2D eigenvalue weighted by molar-refractivity contribution is 0.426. The van der Waals surface area contributed by atoms with E-state index in [1.165, 1.54) is 6.07 Å². The lowest BCUT2D eigenvalue weighted by Crippen LogP contribution is -1.90. The van der Waals surface area contributed by atoms with Crippen molar-refractivity contribution in [2.24, 2.45) is 0 Å². The summed E-state index contributed by atoms with van der Waals surface area (Å²) in [6, 6.07) is 8.69. The van der Waals surface area contributed by atoms with Crippen LogP contribution in [-0.2, 0) is 0 Å². The molecule has 6 heteroatoms. The molecule has 0 spiro atoms. The SMILES string of the molecule is Fc1cccc(F)c1-c1nc(-c2ccccn2)no1. The monoisotopic (exact) mass is 259 g/mol. The van der Waals surface area contributed by atoms with Gasteiger partial charge in [-0.05, 0) is 24.3 Å². The molecule has 3 rings (SSSR count). The predicted octanol–water partition coefficient (Wildman–Crippen LogP) is 3.08. The van der Waals surface area contributed by atoms with Crippen LogP contribution in [0.25, 0.3) is 23.0 Å². The summed E-state index contributed by atoms with van der Waals surface area (Å²) in [6.45, 7) is 0. The van der Waals surface area contributed by atoms with Crippen molar-refractivity contribution in [3.63, 3.8) is 0 Å². The van der Waals surface area contributed by atoms with Crippen LogP contribution in [-0.4, -0.2) is 15.1 Å². The van der Waals surface area contributed by atoms with Crippen LogP contribution in [0.4, 0.5) is 8.78 Å². The molecule has 19 heavy (non-hydrogen) atoms. The Hall–Kier alpha value is -2.63. The summed E-state index contributed by atoms with van der Waals surface area (Å²) in [6.07, 6.45) is 1.56. The molecule has 0 bridgehead atoms. The summed E-state index contributed by atoms with van der Waals surface area (Å²) >= 11 is 0. The lowest BCUT2D eigenvalue weighted by atomic mass is 10.2. The highest BCUT2D eigenvalue weighted by molar-refractivity contribution is 5.58. The zero-order valence-corrected chi connectivity index (χ0v) is 9.55. The van der Waals surface area contributed by atoms with E-state index in [1.54, 1.807) is 24.4 Å². The van der Waals surface area contributed by atoms with E-state index in [-0.39, 0.29) is 17.3 Å². The first-order valence-corrected chi connectivity index (χ1v) is 5.45. The van der Waals surface area contributed by atoms with Gasteiger partial charge < -0.3 is 4.52 Å². The molecule has 0 unspecified atom stereocenters. The van der Waals surface area contributed by atoms with Crippen LogP contribution < -0.4 is 0 Å². The van der Waals surface area contributed by atoms with Crippen LogP contribution in [0.3, 0.4) is 0 Å². The zero-order valence-electron chi connectivity index (χ0n) is 9.55. The summed E-state index contributed by atoms with van der Waals surface area (Å²) in [5, 5.41) is 3.66. The zero-order chi connectivity index (χ0) is 13.2. The maximum Gasteiger partial charge on any atom is 0.264 e. The molecule has 0 aliphatic heterocycles. The van der Waals surface area contributed by atoms with Crippen molar-refractivity contribution < 1.29 is 13.3 Å². The molecular weight excluding hydrogens is 252 g/mol. The van der Waals surface area contributed by atoms with Crippen molar-refractivity contribution in [3.8, 4) is 23.0 Å². The van der Waals surface area contributed by atoms with Gasteiger partial charge in [-0.1, -0.05) is 17.3 Å². The van der Waals surface area contributed by atoms with E-state index in [2.05, 4.69) is 15.1 Å². The Balaban J connectivity index is 2.07. The summed E-state index contributed by atoms with van der Waals surface area (Å²) in [7, 11) is 0. The van der Waals surface area contributed by atoms with Crippen molar-refractivity contribution in [1.29, 1.82) is 0 Å². The number of hydrogen-bond donors (Lipinski definition) is 0. The Morgan fingerprint density at radius 3 is 2.42 bits per heavy atom. The minimum Gasteiger partial charge on any atom is -0.333 e. The van der Waals surface area contributed by atoms with E-state index >= 15 is 0 Å². The van der Waals surface area contributed by atoms with Gasteiger partial charge >= 0.3 is 0 Å². The Kier molecular flexibility index (Phi) is 2.75. The molecule has 0 saturated carbocycles. The van der Waals surface area contributed by atoms with Crippen molar-refractivity contribution in [3.05, 3.63) is 54.2 Å². The highest BCUT2D eigenvalue weighted by atomic mass is 19.1. The van der Waals surface area contributed by atoms with Crippen molar-refractivity contribution in [2.75, 3.05) is 0 Å². The summed E-state index contributed by atoms with van der Waals surface area (Å²) < 4.78 is 32.0. The second-order valence-corrected chi connectivity index (χ2v) is 3.73. The maximum absolute atomic E-state index is 13.6. The van der Waals surface area contributed by atoms with Gasteiger partial charge in [0.1, 0.15) is 22.9 Å². The summed E-state index contributed by atoms with van der Waals surface area (Å²) in [5.74, 6) is -1.54. The van der Waals surface area contributed by atoms with Crippen LogP contribution in [0.1, 0.15) is 0 Å². The molecule has 0 fully saturated rings. The third kappa shape index (κ3) is 2.08. The van der Waals surface area contributed by atoms with Gasteiger partial charge in [-0.2, -0.15) is 4.98 Å². The second-order valence-electron chi connectivity index (χ2n) is 3.73. The first-order valence-electron chi connectivity index (χ1n) is 5.45. The number of hydrogen-bond acceptors (Lipinski definition) is 4. The van der Waals surface area contributed by atoms with Crippen LogP contribution in [0.5, 0.6) is 0 Å². The average Bonchev–Trinajstić information content (AvgIpc) is 2.89. The molecule has 4 nitrogen and oxygen atoms in total. The number of benzene rings is 1. The van der Waals surface area contributed by atoms with Gasteiger partial charge in [-0.3, -0.25) is 4.98 Å². The summed E-state index contributed by atoms with van der Waals surface area (Å²) in [4.78, 5) is 7.98. The minimum absolute atomic E-state index is 0.179. The number of rotatable bonds is 2. The number of halogens is 2. The fourth-order valence-corrected chi connectivity index (χ4v) is 1.63. The molecule has 1 aromatic carbocycles. The minimum atomic E-state index is -0.753. The van der Waals surface area contributed by atoms with E-state index in [0.29, 0.717) is 5.69 Å². The van der Waals surface area contributed by atoms with Crippen LogP contribution in [0.15, 0.2) is 47.1 Å². The van der Waals surface area contributed by atoms with E-state index in [4.69, 9.17) is 4.52 Å². The van der Waals surface area contributed by atoms with Crippen LogP contribution in [0.2, 0.25) is 0 Å². The maximum atomic E-state index is 13.6. The quantitative estimate of drug-likeness (QED) is 0.709. The molecule has 0 aliphatic rings. The smallest absolute Gasteiger partial charge is 0.264 e. The molecule has 3 aromatic rings. The molecule has 0 radical (unpaired) electrons. The molecule has 0 aliphatic carbocycles. The lowest BCUT2D eigenvalue weighted by Gasteiger charge is -1.97. The highest BCUT2D eigenvalue weighted by Crippen LogP contribution is 2.25. The van der Waals surface area contributed by atoms with Gasteiger partial charge in [0.25, 0.3) is 5.89 Å². The van der Waals surface area contributed by atoms with Gasteiger partial charge in [0.15, 0.2) is 0 Å². The van der Waals surface area contributed by atoms with Gasteiger partial charge in [-0.15, -0.1) is 0 Å². The third-order valence-electron chi connectivity index (χ3n) is 2.50. The Bertz CT molecular complexity index is 693. The van der Waals surface area contributed by atoms with Crippen LogP contribution >= 0.6 is 0 Å². The molecule has 94 valence electrons. The van der Waals surface area contributed by atoms with Gasteiger partial charge in [0.05, 0.1) is 0 Å². The topological polar surface area (TPSA) is 51.8 Å². The highest BCUT2D eigenvalue weighted by Gasteiger charge is 2.18. The molecule has 0 N–H and O–H groups in total. The fourth-order valence-electron chi connectivity index (χ4n) is 1.63. The number of nitrogens with zero attached hydrogens (tertiary/aromatic N) is 3. The number of aromatic nitrogens is 3. The fraction of sp³-hybridized carbons (Fsp3) is 0. The molecule has 2 aromatic heterocycles. The predicted molar refractivity (Wildman–Crippen MR) is 62.9 cm³/mol. The largest absolute Gasteiger partial charge is 0.333 e. The standard InChI is InChI=1S/C13H7F2N3O/c14-8-4-3-5-9(15)11(8)13-17-12(18-19-13)10-6-1-2-7-16-10/h1-7H. The molecular formula is C13H7F2N3O.